The van der Waals surface area contributed by atoms with Gasteiger partial charge in [-0.15, -0.1) is 0 Å². The molecule has 0 radical (unpaired) electrons. The van der Waals surface area contributed by atoms with Crippen molar-refractivity contribution in [3.63, 3.8) is 0 Å². The van der Waals surface area contributed by atoms with Crippen LogP contribution in [0.2, 0.25) is 0 Å². The van der Waals surface area contributed by atoms with E-state index in [2.05, 4.69) is 6.92 Å². The van der Waals surface area contributed by atoms with Gasteiger partial charge in [-0.05, 0) is 12.8 Å². The van der Waals surface area contributed by atoms with Crippen LogP contribution in [0.15, 0.2) is 12.1 Å². The fraction of sp³-hybridized carbons (Fsp3) is 0.846. The van der Waals surface area contributed by atoms with E-state index in [0.717, 1.165) is 12.8 Å². The van der Waals surface area contributed by atoms with Gasteiger partial charge in [0.15, 0.2) is 0 Å². The van der Waals surface area contributed by atoms with Crippen molar-refractivity contribution in [2.45, 2.75) is 71.1 Å². The molecule has 0 saturated heterocycles. The molecular formula is C13H27BO2. The maximum Gasteiger partial charge on any atom is 0.480 e. The lowest BCUT2D eigenvalue weighted by Crippen LogP contribution is -2.05. The highest BCUT2D eigenvalue weighted by Crippen LogP contribution is 2.10. The van der Waals surface area contributed by atoms with Gasteiger partial charge in [0.05, 0.1) is 0 Å². The van der Waals surface area contributed by atoms with Gasteiger partial charge in [-0.3, -0.25) is 0 Å². The second kappa shape index (κ2) is 12.8. The zero-order valence-electron chi connectivity index (χ0n) is 10.7. The van der Waals surface area contributed by atoms with Crippen molar-refractivity contribution >= 4 is 7.12 Å². The molecule has 0 atom stereocenters. The maximum atomic E-state index is 8.56. The van der Waals surface area contributed by atoms with Gasteiger partial charge < -0.3 is 10.0 Å². The summed E-state index contributed by atoms with van der Waals surface area (Å²) in [6, 6.07) is 0. The molecule has 0 aliphatic heterocycles. The first-order valence-electron chi connectivity index (χ1n) is 6.80. The summed E-state index contributed by atoms with van der Waals surface area (Å²) in [6.07, 6.45) is 14.8. The highest BCUT2D eigenvalue weighted by molar-refractivity contribution is 6.47. The molecule has 3 heteroatoms. The van der Waals surface area contributed by atoms with E-state index in [4.69, 9.17) is 10.0 Å². The zero-order chi connectivity index (χ0) is 12.1. The first kappa shape index (κ1) is 15.7. The summed E-state index contributed by atoms with van der Waals surface area (Å²) in [4.78, 5) is 0. The van der Waals surface area contributed by atoms with Crippen molar-refractivity contribution in [2.75, 3.05) is 0 Å². The molecule has 0 aromatic rings. The van der Waals surface area contributed by atoms with Gasteiger partial charge in [0, 0.05) is 0 Å². The Kier molecular flexibility index (Phi) is 12.6. The van der Waals surface area contributed by atoms with Crippen molar-refractivity contribution in [1.82, 2.24) is 0 Å². The van der Waals surface area contributed by atoms with E-state index in [0.29, 0.717) is 0 Å². The van der Waals surface area contributed by atoms with Gasteiger partial charge in [-0.2, -0.15) is 0 Å². The van der Waals surface area contributed by atoms with Crippen LogP contribution >= 0.6 is 0 Å². The minimum absolute atomic E-state index is 0.966. The number of rotatable bonds is 11. The molecule has 0 bridgehead atoms. The average Bonchev–Trinajstić information content (AvgIpc) is 2.25. The molecule has 0 saturated carbocycles. The van der Waals surface area contributed by atoms with Gasteiger partial charge in [0.25, 0.3) is 0 Å². The van der Waals surface area contributed by atoms with Crippen LogP contribution in [-0.4, -0.2) is 17.2 Å². The smallest absolute Gasteiger partial charge is 0.424 e. The minimum atomic E-state index is -1.28. The van der Waals surface area contributed by atoms with Crippen molar-refractivity contribution < 1.29 is 10.0 Å². The maximum absolute atomic E-state index is 8.56. The predicted molar refractivity (Wildman–Crippen MR) is 71.2 cm³/mol. The molecule has 0 fully saturated rings. The molecule has 0 amide bonds. The van der Waals surface area contributed by atoms with Crippen LogP contribution in [0.25, 0.3) is 0 Å². The van der Waals surface area contributed by atoms with Gasteiger partial charge in [-0.1, -0.05) is 70.3 Å². The molecule has 94 valence electrons. The quantitative estimate of drug-likeness (QED) is 0.418. The Morgan fingerprint density at radius 1 is 0.812 bits per heavy atom. The Morgan fingerprint density at radius 2 is 1.31 bits per heavy atom. The van der Waals surface area contributed by atoms with Gasteiger partial charge in [0.1, 0.15) is 0 Å². The summed E-state index contributed by atoms with van der Waals surface area (Å²) in [5, 5.41) is 17.1. The fourth-order valence-electron chi connectivity index (χ4n) is 1.79. The van der Waals surface area contributed by atoms with E-state index in [1.54, 1.807) is 0 Å². The summed E-state index contributed by atoms with van der Waals surface area (Å²) in [5.74, 6) is 1.44. The molecule has 2 nitrogen and oxygen atoms in total. The monoisotopic (exact) mass is 226 g/mol. The number of unbranched alkanes of at least 4 members (excludes halogenated alkanes) is 9. The molecule has 0 aromatic carbocycles. The van der Waals surface area contributed by atoms with Crippen LogP contribution in [0.3, 0.4) is 0 Å². The van der Waals surface area contributed by atoms with Gasteiger partial charge in [-0.25, -0.2) is 0 Å². The largest absolute Gasteiger partial charge is 0.480 e. The zero-order valence-corrected chi connectivity index (χ0v) is 10.7. The Balaban J connectivity index is 2.99. The Bertz CT molecular complexity index is 158. The van der Waals surface area contributed by atoms with E-state index in [-0.39, 0.29) is 0 Å². The molecule has 0 aliphatic rings. The predicted octanol–water partition coefficient (Wildman–Crippen LogP) is 3.48. The first-order valence-corrected chi connectivity index (χ1v) is 6.80. The Hall–Kier alpha value is -0.275. The molecule has 16 heavy (non-hydrogen) atoms. The van der Waals surface area contributed by atoms with Crippen LogP contribution in [0.1, 0.15) is 71.1 Å². The lowest BCUT2D eigenvalue weighted by molar-refractivity contribution is 0.424. The Labute approximate surface area is 101 Å². The van der Waals surface area contributed by atoms with Crippen molar-refractivity contribution in [1.29, 1.82) is 0 Å². The third-order valence-electron chi connectivity index (χ3n) is 2.78. The van der Waals surface area contributed by atoms with Crippen molar-refractivity contribution in [2.24, 2.45) is 0 Å². The summed E-state index contributed by atoms with van der Waals surface area (Å²) in [6.45, 7) is 2.25. The highest BCUT2D eigenvalue weighted by Gasteiger charge is 1.96. The molecular weight excluding hydrogens is 199 g/mol. The standard InChI is InChI=1S/C13H27BO2/c1-2-3-4-5-6-7-8-9-10-11-12-13-14(15)16/h12-13,15-16H,2-11H2,1H3/b13-12+. The molecule has 0 heterocycles. The average molecular weight is 226 g/mol. The van der Waals surface area contributed by atoms with Crippen molar-refractivity contribution in [3.8, 4) is 0 Å². The summed E-state index contributed by atoms with van der Waals surface area (Å²) >= 11 is 0. The first-order chi connectivity index (χ1) is 7.77. The molecule has 0 spiro atoms. The van der Waals surface area contributed by atoms with E-state index in [1.165, 1.54) is 57.3 Å². The van der Waals surface area contributed by atoms with Crippen LogP contribution in [-0.2, 0) is 0 Å². The van der Waals surface area contributed by atoms with Crippen LogP contribution in [0.4, 0.5) is 0 Å². The molecule has 0 aromatic heterocycles. The Morgan fingerprint density at radius 3 is 1.81 bits per heavy atom. The second-order valence-corrected chi connectivity index (χ2v) is 4.46. The molecule has 0 rings (SSSR count). The summed E-state index contributed by atoms with van der Waals surface area (Å²) in [5.41, 5.74) is 0. The van der Waals surface area contributed by atoms with Gasteiger partial charge >= 0.3 is 7.12 Å². The van der Waals surface area contributed by atoms with E-state index in [9.17, 15) is 0 Å². The number of hydrogen-bond acceptors (Lipinski definition) is 2. The third-order valence-corrected chi connectivity index (χ3v) is 2.78. The lowest BCUT2D eigenvalue weighted by atomic mass is 9.91. The second-order valence-electron chi connectivity index (χ2n) is 4.46. The molecule has 0 unspecified atom stereocenters. The summed E-state index contributed by atoms with van der Waals surface area (Å²) in [7, 11) is -1.28. The van der Waals surface area contributed by atoms with Crippen LogP contribution in [0, 0.1) is 0 Å². The fourth-order valence-corrected chi connectivity index (χ4v) is 1.79. The molecule has 2 N–H and O–H groups in total. The minimum Gasteiger partial charge on any atom is -0.424 e. The number of allylic oxidation sites excluding steroid dienone is 1. The lowest BCUT2D eigenvalue weighted by Gasteiger charge is -2.00. The molecule has 0 aliphatic carbocycles. The topological polar surface area (TPSA) is 40.5 Å². The highest BCUT2D eigenvalue weighted by atomic mass is 16.4. The van der Waals surface area contributed by atoms with Gasteiger partial charge in [0.2, 0.25) is 0 Å². The number of hydrogen-bond donors (Lipinski definition) is 2. The third kappa shape index (κ3) is 13.7. The van der Waals surface area contributed by atoms with E-state index < -0.39 is 7.12 Å². The van der Waals surface area contributed by atoms with Crippen molar-refractivity contribution in [3.05, 3.63) is 12.1 Å². The van der Waals surface area contributed by atoms with Crippen LogP contribution in [0.5, 0.6) is 0 Å². The SMILES string of the molecule is CCCCCCCCCCC/C=C/B(O)O. The summed E-state index contributed by atoms with van der Waals surface area (Å²) < 4.78 is 0. The normalized spacial score (nSPS) is 11.2. The van der Waals surface area contributed by atoms with E-state index in [1.807, 2.05) is 6.08 Å². The van der Waals surface area contributed by atoms with E-state index >= 15 is 0 Å². The van der Waals surface area contributed by atoms with Crippen LogP contribution < -0.4 is 0 Å².